The van der Waals surface area contributed by atoms with Gasteiger partial charge >= 0.3 is 0 Å². The number of methoxy groups -OCH3 is 1. The number of rotatable bonds is 7. The quantitative estimate of drug-likeness (QED) is 0.703. The van der Waals surface area contributed by atoms with Gasteiger partial charge in [-0.25, -0.2) is 0 Å². The third kappa shape index (κ3) is 4.04. The van der Waals surface area contributed by atoms with Gasteiger partial charge < -0.3 is 19.9 Å². The Morgan fingerprint density at radius 3 is 2.62 bits per heavy atom. The molecule has 0 spiro atoms. The van der Waals surface area contributed by atoms with E-state index in [-0.39, 0.29) is 0 Å². The van der Waals surface area contributed by atoms with Crippen LogP contribution in [0.4, 0.5) is 5.69 Å². The van der Waals surface area contributed by atoms with E-state index in [4.69, 9.17) is 19.9 Å². The Bertz CT molecular complexity index is 298. The standard InChI is InChI=1S/C11H18N2O3/c1-9-7-13-8-10(12)11(9)16-6-5-15-4-3-14-2/h7-8H,3-6,12H2,1-2H3. The topological polar surface area (TPSA) is 66.6 Å². The molecule has 16 heavy (non-hydrogen) atoms. The highest BCUT2D eigenvalue weighted by atomic mass is 16.5. The Balaban J connectivity index is 2.26. The van der Waals surface area contributed by atoms with Crippen LogP contribution in [-0.4, -0.2) is 38.5 Å². The predicted octanol–water partition coefficient (Wildman–Crippen LogP) is 1.01. The van der Waals surface area contributed by atoms with E-state index in [2.05, 4.69) is 4.98 Å². The molecule has 1 heterocycles. The highest BCUT2D eigenvalue weighted by Crippen LogP contribution is 2.23. The minimum atomic E-state index is 0.471. The fraction of sp³-hybridized carbons (Fsp3) is 0.545. The van der Waals surface area contributed by atoms with Crippen LogP contribution in [0.3, 0.4) is 0 Å². The number of nitrogens with zero attached hydrogens (tertiary/aromatic N) is 1. The van der Waals surface area contributed by atoms with Gasteiger partial charge in [0.25, 0.3) is 0 Å². The van der Waals surface area contributed by atoms with E-state index in [9.17, 15) is 0 Å². The molecule has 2 N–H and O–H groups in total. The Kier molecular flexibility index (Phi) is 5.60. The molecule has 0 unspecified atom stereocenters. The maximum absolute atomic E-state index is 5.74. The molecule has 5 heteroatoms. The maximum atomic E-state index is 5.74. The van der Waals surface area contributed by atoms with Gasteiger partial charge in [-0.3, -0.25) is 4.98 Å². The van der Waals surface area contributed by atoms with E-state index in [0.29, 0.717) is 37.9 Å². The summed E-state index contributed by atoms with van der Waals surface area (Å²) in [6.45, 7) is 4.06. The third-order valence-electron chi connectivity index (χ3n) is 2.01. The number of aromatic nitrogens is 1. The van der Waals surface area contributed by atoms with Gasteiger partial charge in [0.15, 0.2) is 0 Å². The third-order valence-corrected chi connectivity index (χ3v) is 2.01. The second-order valence-corrected chi connectivity index (χ2v) is 3.33. The van der Waals surface area contributed by atoms with Crippen LogP contribution in [-0.2, 0) is 9.47 Å². The molecule has 0 aromatic carbocycles. The molecule has 90 valence electrons. The van der Waals surface area contributed by atoms with Crippen molar-refractivity contribution in [1.82, 2.24) is 4.98 Å². The van der Waals surface area contributed by atoms with Crippen LogP contribution in [0.2, 0.25) is 0 Å². The van der Waals surface area contributed by atoms with Crippen LogP contribution in [0.25, 0.3) is 0 Å². The lowest BCUT2D eigenvalue weighted by Crippen LogP contribution is -2.11. The summed E-state index contributed by atoms with van der Waals surface area (Å²) in [4.78, 5) is 3.96. The zero-order valence-corrected chi connectivity index (χ0v) is 9.73. The molecule has 0 amide bonds. The molecule has 1 aromatic heterocycles. The number of nitrogens with two attached hydrogens (primary N) is 1. The Morgan fingerprint density at radius 1 is 1.19 bits per heavy atom. The number of pyridine rings is 1. The summed E-state index contributed by atoms with van der Waals surface area (Å²) in [5, 5.41) is 0. The molecule has 0 fully saturated rings. The molecule has 0 bridgehead atoms. The van der Waals surface area contributed by atoms with Crippen LogP contribution >= 0.6 is 0 Å². The zero-order valence-electron chi connectivity index (χ0n) is 9.73. The summed E-state index contributed by atoms with van der Waals surface area (Å²) in [7, 11) is 1.64. The molecule has 0 aliphatic heterocycles. The average molecular weight is 226 g/mol. The Morgan fingerprint density at radius 2 is 1.94 bits per heavy atom. The van der Waals surface area contributed by atoms with Gasteiger partial charge in [0.1, 0.15) is 12.4 Å². The van der Waals surface area contributed by atoms with E-state index in [1.165, 1.54) is 0 Å². The number of ether oxygens (including phenoxy) is 3. The Labute approximate surface area is 95.5 Å². The first-order valence-corrected chi connectivity index (χ1v) is 5.15. The summed E-state index contributed by atoms with van der Waals surface area (Å²) in [6.07, 6.45) is 3.30. The van der Waals surface area contributed by atoms with Gasteiger partial charge in [-0.1, -0.05) is 0 Å². The van der Waals surface area contributed by atoms with Crippen molar-refractivity contribution >= 4 is 5.69 Å². The summed E-state index contributed by atoms with van der Waals surface area (Å²) in [5.74, 6) is 0.686. The first-order valence-electron chi connectivity index (χ1n) is 5.15. The summed E-state index contributed by atoms with van der Waals surface area (Å²) in [6, 6.07) is 0. The summed E-state index contributed by atoms with van der Waals surface area (Å²) < 4.78 is 15.6. The summed E-state index contributed by atoms with van der Waals surface area (Å²) in [5.41, 5.74) is 7.22. The van der Waals surface area contributed by atoms with Crippen molar-refractivity contribution < 1.29 is 14.2 Å². The van der Waals surface area contributed by atoms with Crippen LogP contribution in [0.15, 0.2) is 12.4 Å². The zero-order chi connectivity index (χ0) is 11.8. The van der Waals surface area contributed by atoms with Crippen molar-refractivity contribution in [2.24, 2.45) is 0 Å². The average Bonchev–Trinajstić information content (AvgIpc) is 2.26. The van der Waals surface area contributed by atoms with Gasteiger partial charge in [-0.05, 0) is 6.92 Å². The second-order valence-electron chi connectivity index (χ2n) is 3.33. The minimum Gasteiger partial charge on any atom is -0.489 e. The molecule has 0 aliphatic rings. The lowest BCUT2D eigenvalue weighted by atomic mass is 10.2. The van der Waals surface area contributed by atoms with Crippen molar-refractivity contribution in [2.75, 3.05) is 39.3 Å². The molecule has 0 radical (unpaired) electrons. The molecule has 1 aromatic rings. The van der Waals surface area contributed by atoms with Crippen LogP contribution in [0.5, 0.6) is 5.75 Å². The fourth-order valence-electron chi connectivity index (χ4n) is 1.22. The number of aryl methyl sites for hydroxylation is 1. The van der Waals surface area contributed by atoms with Crippen molar-refractivity contribution in [3.8, 4) is 5.75 Å². The molecular weight excluding hydrogens is 208 g/mol. The van der Waals surface area contributed by atoms with Crippen LogP contribution < -0.4 is 10.5 Å². The van der Waals surface area contributed by atoms with Crippen molar-refractivity contribution in [3.05, 3.63) is 18.0 Å². The summed E-state index contributed by atoms with van der Waals surface area (Å²) >= 11 is 0. The fourth-order valence-corrected chi connectivity index (χ4v) is 1.22. The van der Waals surface area contributed by atoms with Gasteiger partial charge in [-0.15, -0.1) is 0 Å². The van der Waals surface area contributed by atoms with Crippen LogP contribution in [0, 0.1) is 6.92 Å². The lowest BCUT2D eigenvalue weighted by molar-refractivity contribution is 0.0544. The van der Waals surface area contributed by atoms with E-state index < -0.39 is 0 Å². The Hall–Kier alpha value is -1.33. The highest BCUT2D eigenvalue weighted by Gasteiger charge is 2.03. The number of nitrogen functional groups attached to an aromatic ring is 1. The van der Waals surface area contributed by atoms with Crippen LogP contribution in [0.1, 0.15) is 5.56 Å². The lowest BCUT2D eigenvalue weighted by Gasteiger charge is -2.11. The van der Waals surface area contributed by atoms with Gasteiger partial charge in [0.05, 0.1) is 31.7 Å². The van der Waals surface area contributed by atoms with E-state index in [1.54, 1.807) is 19.5 Å². The number of hydrogen-bond donors (Lipinski definition) is 1. The smallest absolute Gasteiger partial charge is 0.148 e. The molecule has 0 aliphatic carbocycles. The normalized spacial score (nSPS) is 10.4. The molecule has 0 saturated carbocycles. The van der Waals surface area contributed by atoms with Crippen molar-refractivity contribution in [3.63, 3.8) is 0 Å². The first-order chi connectivity index (χ1) is 7.75. The highest BCUT2D eigenvalue weighted by molar-refractivity contribution is 5.53. The SMILES string of the molecule is COCCOCCOc1c(C)cncc1N. The molecule has 5 nitrogen and oxygen atoms in total. The van der Waals surface area contributed by atoms with E-state index in [0.717, 1.165) is 5.56 Å². The minimum absolute atomic E-state index is 0.471. The number of anilines is 1. The number of hydrogen-bond acceptors (Lipinski definition) is 5. The molecule has 0 saturated heterocycles. The van der Waals surface area contributed by atoms with E-state index >= 15 is 0 Å². The monoisotopic (exact) mass is 226 g/mol. The maximum Gasteiger partial charge on any atom is 0.148 e. The predicted molar refractivity (Wildman–Crippen MR) is 61.6 cm³/mol. The molecule has 1 rings (SSSR count). The molecular formula is C11H18N2O3. The first kappa shape index (κ1) is 12.7. The van der Waals surface area contributed by atoms with Crippen molar-refractivity contribution in [2.45, 2.75) is 6.92 Å². The van der Waals surface area contributed by atoms with E-state index in [1.807, 2.05) is 6.92 Å². The largest absolute Gasteiger partial charge is 0.489 e. The van der Waals surface area contributed by atoms with Crippen molar-refractivity contribution in [1.29, 1.82) is 0 Å². The molecule has 0 atom stereocenters. The van der Waals surface area contributed by atoms with Gasteiger partial charge in [0, 0.05) is 18.9 Å². The van der Waals surface area contributed by atoms with Gasteiger partial charge in [-0.2, -0.15) is 0 Å². The van der Waals surface area contributed by atoms with Gasteiger partial charge in [0.2, 0.25) is 0 Å². The second kappa shape index (κ2) is 7.03.